The average molecular weight is 190 g/mol. The summed E-state index contributed by atoms with van der Waals surface area (Å²) >= 11 is 0. The maximum Gasteiger partial charge on any atom is 0.339 e. The Bertz CT molecular complexity index is 526. The van der Waals surface area contributed by atoms with Crippen molar-refractivity contribution in [1.82, 2.24) is 0 Å². The van der Waals surface area contributed by atoms with Crippen LogP contribution >= 0.6 is 0 Å². The van der Waals surface area contributed by atoms with E-state index >= 15 is 0 Å². The Morgan fingerprint density at radius 2 is 2.07 bits per heavy atom. The molecule has 0 atom stereocenters. The van der Waals surface area contributed by atoms with Crippen LogP contribution in [0.25, 0.3) is 11.0 Å². The number of hydrogen-bond acceptors (Lipinski definition) is 3. The van der Waals surface area contributed by atoms with Gasteiger partial charge in [0.2, 0.25) is 0 Å². The molecule has 72 valence electrons. The van der Waals surface area contributed by atoms with Gasteiger partial charge in [0.15, 0.2) is 0 Å². The van der Waals surface area contributed by atoms with Crippen molar-refractivity contribution in [2.75, 3.05) is 7.11 Å². The van der Waals surface area contributed by atoms with Crippen LogP contribution in [0.2, 0.25) is 0 Å². The second-order valence-corrected chi connectivity index (χ2v) is 3.13. The lowest BCUT2D eigenvalue weighted by atomic mass is 10.1. The summed E-state index contributed by atoms with van der Waals surface area (Å²) in [6, 6.07) is 6.94. The Kier molecular flexibility index (Phi) is 2.00. The third-order valence-corrected chi connectivity index (χ3v) is 2.08. The van der Waals surface area contributed by atoms with Crippen LogP contribution in [0.15, 0.2) is 33.5 Å². The summed E-state index contributed by atoms with van der Waals surface area (Å²) in [5.74, 6) is 0.556. The number of hydrogen-bond donors (Lipinski definition) is 0. The van der Waals surface area contributed by atoms with Crippen molar-refractivity contribution in [3.8, 4) is 5.75 Å². The summed E-state index contributed by atoms with van der Waals surface area (Å²) in [4.78, 5) is 11.1. The maximum atomic E-state index is 11.1. The minimum atomic E-state index is -0.391. The predicted octanol–water partition coefficient (Wildman–Crippen LogP) is 2.11. The van der Waals surface area contributed by atoms with Gasteiger partial charge in [-0.15, -0.1) is 0 Å². The molecule has 0 aliphatic rings. The molecule has 0 radical (unpaired) electrons. The normalized spacial score (nSPS) is 10.4. The smallest absolute Gasteiger partial charge is 0.339 e. The fourth-order valence-electron chi connectivity index (χ4n) is 1.42. The molecule has 0 bridgehead atoms. The molecule has 3 heteroatoms. The molecule has 1 aromatic carbocycles. The third kappa shape index (κ3) is 1.37. The monoisotopic (exact) mass is 190 g/mol. The highest BCUT2D eigenvalue weighted by Gasteiger charge is 2.04. The fraction of sp³-hybridized carbons (Fsp3) is 0.182. The molecule has 0 saturated heterocycles. The highest BCUT2D eigenvalue weighted by Crippen LogP contribution is 2.23. The van der Waals surface area contributed by atoms with E-state index in [-0.39, 0.29) is 0 Å². The molecule has 0 unspecified atom stereocenters. The molecular weight excluding hydrogens is 180 g/mol. The van der Waals surface area contributed by atoms with Gasteiger partial charge in [0.1, 0.15) is 11.3 Å². The first-order valence-electron chi connectivity index (χ1n) is 4.29. The molecule has 0 fully saturated rings. The second-order valence-electron chi connectivity index (χ2n) is 3.13. The van der Waals surface area contributed by atoms with Gasteiger partial charge in [0.05, 0.1) is 18.6 Å². The van der Waals surface area contributed by atoms with Crippen LogP contribution in [0.4, 0.5) is 0 Å². The Morgan fingerprint density at radius 1 is 1.29 bits per heavy atom. The Morgan fingerprint density at radius 3 is 2.79 bits per heavy atom. The topological polar surface area (TPSA) is 39.4 Å². The molecule has 0 amide bonds. The van der Waals surface area contributed by atoms with Gasteiger partial charge in [0.25, 0.3) is 0 Å². The van der Waals surface area contributed by atoms with Crippen LogP contribution in [-0.2, 0) is 0 Å². The largest absolute Gasteiger partial charge is 0.496 e. The zero-order valence-corrected chi connectivity index (χ0v) is 8.03. The first-order valence-corrected chi connectivity index (χ1v) is 4.29. The molecule has 1 heterocycles. The molecule has 3 nitrogen and oxygen atoms in total. The Hall–Kier alpha value is -1.77. The van der Waals surface area contributed by atoms with E-state index in [0.29, 0.717) is 11.3 Å². The van der Waals surface area contributed by atoms with Gasteiger partial charge in [-0.05, 0) is 19.1 Å². The number of benzene rings is 1. The van der Waals surface area contributed by atoms with Gasteiger partial charge in [-0.3, -0.25) is 0 Å². The Balaban J connectivity index is 2.88. The van der Waals surface area contributed by atoms with Gasteiger partial charge in [-0.25, -0.2) is 4.79 Å². The van der Waals surface area contributed by atoms with Gasteiger partial charge in [-0.1, -0.05) is 11.6 Å². The van der Waals surface area contributed by atoms with Gasteiger partial charge in [-0.2, -0.15) is 0 Å². The van der Waals surface area contributed by atoms with E-state index < -0.39 is 5.63 Å². The molecule has 0 N–H and O–H groups in total. The molecule has 0 aliphatic heterocycles. The van der Waals surface area contributed by atoms with Crippen molar-refractivity contribution in [1.29, 1.82) is 0 Å². The number of ether oxygens (including phenoxy) is 1. The summed E-state index contributed by atoms with van der Waals surface area (Å²) in [6.45, 7) is 1.98. The van der Waals surface area contributed by atoms with E-state index in [0.717, 1.165) is 10.9 Å². The van der Waals surface area contributed by atoms with Crippen LogP contribution < -0.4 is 10.4 Å². The second kappa shape index (κ2) is 3.18. The van der Waals surface area contributed by atoms with Crippen LogP contribution in [0.1, 0.15) is 5.56 Å². The van der Waals surface area contributed by atoms with E-state index in [2.05, 4.69) is 0 Å². The zero-order chi connectivity index (χ0) is 10.1. The van der Waals surface area contributed by atoms with Crippen molar-refractivity contribution in [3.63, 3.8) is 0 Å². The first-order chi connectivity index (χ1) is 6.70. The molecule has 2 rings (SSSR count). The molecule has 2 aromatic rings. The molecule has 0 aliphatic carbocycles. The van der Waals surface area contributed by atoms with Crippen LogP contribution in [0.3, 0.4) is 0 Å². The summed E-state index contributed by atoms with van der Waals surface area (Å²) in [7, 11) is 1.54. The minimum absolute atomic E-state index is 0.391. The van der Waals surface area contributed by atoms with Crippen molar-refractivity contribution < 1.29 is 9.15 Å². The number of fused-ring (bicyclic) bond motifs is 1. The highest BCUT2D eigenvalue weighted by atomic mass is 16.5. The van der Waals surface area contributed by atoms with Gasteiger partial charge >= 0.3 is 5.63 Å². The SMILES string of the molecule is COc1cc(=O)oc2ccc(C)cc12. The fourth-order valence-corrected chi connectivity index (χ4v) is 1.42. The third-order valence-electron chi connectivity index (χ3n) is 2.08. The summed E-state index contributed by atoms with van der Waals surface area (Å²) in [6.07, 6.45) is 0. The molecular formula is C11H10O3. The van der Waals surface area contributed by atoms with E-state index in [1.165, 1.54) is 13.2 Å². The zero-order valence-electron chi connectivity index (χ0n) is 8.03. The lowest BCUT2D eigenvalue weighted by Crippen LogP contribution is -1.98. The number of methoxy groups -OCH3 is 1. The van der Waals surface area contributed by atoms with E-state index in [1.807, 2.05) is 19.1 Å². The average Bonchev–Trinajstić information content (AvgIpc) is 2.17. The highest BCUT2D eigenvalue weighted by molar-refractivity contribution is 5.83. The van der Waals surface area contributed by atoms with E-state index in [1.54, 1.807) is 6.07 Å². The van der Waals surface area contributed by atoms with Gasteiger partial charge < -0.3 is 9.15 Å². The maximum absolute atomic E-state index is 11.1. The van der Waals surface area contributed by atoms with Crippen molar-refractivity contribution in [2.45, 2.75) is 6.92 Å². The Labute approximate surface area is 80.9 Å². The summed E-state index contributed by atoms with van der Waals surface area (Å²) in [5.41, 5.74) is 1.27. The molecule has 0 spiro atoms. The molecule has 14 heavy (non-hydrogen) atoms. The lowest BCUT2D eigenvalue weighted by molar-refractivity contribution is 0.413. The van der Waals surface area contributed by atoms with E-state index in [9.17, 15) is 4.79 Å². The van der Waals surface area contributed by atoms with Gasteiger partial charge in [0, 0.05) is 0 Å². The van der Waals surface area contributed by atoms with Crippen LogP contribution in [0, 0.1) is 6.92 Å². The lowest BCUT2D eigenvalue weighted by Gasteiger charge is -2.03. The minimum Gasteiger partial charge on any atom is -0.496 e. The first kappa shape index (κ1) is 8.81. The molecule has 1 aromatic heterocycles. The summed E-state index contributed by atoms with van der Waals surface area (Å²) in [5, 5.41) is 0.826. The van der Waals surface area contributed by atoms with Crippen molar-refractivity contribution in [3.05, 3.63) is 40.2 Å². The van der Waals surface area contributed by atoms with Crippen molar-refractivity contribution >= 4 is 11.0 Å². The molecule has 0 saturated carbocycles. The summed E-state index contributed by atoms with van der Waals surface area (Å²) < 4.78 is 10.1. The van der Waals surface area contributed by atoms with Crippen LogP contribution in [0.5, 0.6) is 5.75 Å². The van der Waals surface area contributed by atoms with E-state index in [4.69, 9.17) is 9.15 Å². The standard InChI is InChI=1S/C11H10O3/c1-7-3-4-9-8(5-7)10(13-2)6-11(12)14-9/h3-6H,1-2H3. The van der Waals surface area contributed by atoms with Crippen LogP contribution in [-0.4, -0.2) is 7.11 Å². The number of rotatable bonds is 1. The predicted molar refractivity (Wildman–Crippen MR) is 53.8 cm³/mol. The number of aryl methyl sites for hydroxylation is 1. The quantitative estimate of drug-likeness (QED) is 0.646. The van der Waals surface area contributed by atoms with Crippen molar-refractivity contribution in [2.24, 2.45) is 0 Å².